The predicted octanol–water partition coefficient (Wildman–Crippen LogP) is 1.98. The molecule has 0 spiro atoms. The smallest absolute Gasteiger partial charge is 0.163 e. The molecule has 0 amide bonds. The van der Waals surface area contributed by atoms with Crippen LogP contribution in [0.25, 0.3) is 0 Å². The van der Waals surface area contributed by atoms with E-state index in [1.807, 2.05) is 0 Å². The lowest BCUT2D eigenvalue weighted by Crippen LogP contribution is -2.33. The van der Waals surface area contributed by atoms with Crippen LogP contribution in [0.4, 0.5) is 8.78 Å². The van der Waals surface area contributed by atoms with Gasteiger partial charge >= 0.3 is 0 Å². The second kappa shape index (κ2) is 4.24. The molecule has 0 fully saturated rings. The molecule has 1 aromatic carbocycles. The van der Waals surface area contributed by atoms with E-state index in [4.69, 9.17) is 10.8 Å². The molecule has 0 radical (unpaired) electrons. The van der Waals surface area contributed by atoms with Gasteiger partial charge in [0.15, 0.2) is 11.6 Å². The summed E-state index contributed by atoms with van der Waals surface area (Å²) in [6.07, 6.45) is 0. The molecule has 0 aromatic heterocycles. The minimum absolute atomic E-state index is 0.0917. The fourth-order valence-electron chi connectivity index (χ4n) is 1.28. The zero-order valence-electron chi connectivity index (χ0n) is 8.80. The lowest BCUT2D eigenvalue weighted by molar-refractivity contribution is 0.130. The highest BCUT2D eigenvalue weighted by atomic mass is 19.2. The monoisotopic (exact) mass is 215 g/mol. The Labute approximate surface area is 87.7 Å². The average Bonchev–Trinajstić information content (AvgIpc) is 2.21. The van der Waals surface area contributed by atoms with Crippen molar-refractivity contribution in [1.82, 2.24) is 0 Å². The molecule has 84 valence electrons. The molecule has 0 bridgehead atoms. The van der Waals surface area contributed by atoms with Gasteiger partial charge in [-0.2, -0.15) is 0 Å². The third-order valence-corrected chi connectivity index (χ3v) is 2.57. The van der Waals surface area contributed by atoms with E-state index in [0.717, 1.165) is 6.07 Å². The molecule has 0 saturated carbocycles. The Bertz CT molecular complexity index is 352. The van der Waals surface area contributed by atoms with Crippen LogP contribution in [0.5, 0.6) is 0 Å². The summed E-state index contributed by atoms with van der Waals surface area (Å²) in [5.74, 6) is -1.86. The molecule has 0 aliphatic carbocycles. The SMILES string of the molecule is CC(C)(CO)[C@H](N)c1cccc(F)c1F. The van der Waals surface area contributed by atoms with Gasteiger partial charge in [0.2, 0.25) is 0 Å². The Balaban J connectivity index is 3.12. The quantitative estimate of drug-likeness (QED) is 0.809. The molecular weight excluding hydrogens is 200 g/mol. The van der Waals surface area contributed by atoms with E-state index in [9.17, 15) is 8.78 Å². The molecule has 1 rings (SSSR count). The molecule has 1 aromatic rings. The summed E-state index contributed by atoms with van der Waals surface area (Å²) in [6.45, 7) is 3.20. The first kappa shape index (κ1) is 12.1. The Morgan fingerprint density at radius 2 is 2.00 bits per heavy atom. The number of aliphatic hydroxyl groups excluding tert-OH is 1. The van der Waals surface area contributed by atoms with Crippen molar-refractivity contribution in [2.24, 2.45) is 11.1 Å². The van der Waals surface area contributed by atoms with Crippen LogP contribution in [-0.2, 0) is 0 Å². The lowest BCUT2D eigenvalue weighted by Gasteiger charge is -2.29. The van der Waals surface area contributed by atoms with E-state index < -0.39 is 23.1 Å². The number of nitrogens with two attached hydrogens (primary N) is 1. The molecule has 15 heavy (non-hydrogen) atoms. The molecule has 0 saturated heterocycles. The van der Waals surface area contributed by atoms with Crippen LogP contribution in [-0.4, -0.2) is 11.7 Å². The van der Waals surface area contributed by atoms with E-state index >= 15 is 0 Å². The Kier molecular flexibility index (Phi) is 3.42. The molecule has 3 N–H and O–H groups in total. The van der Waals surface area contributed by atoms with Crippen LogP contribution in [0.1, 0.15) is 25.5 Å². The van der Waals surface area contributed by atoms with Gasteiger partial charge in [-0.05, 0) is 6.07 Å². The fraction of sp³-hybridized carbons (Fsp3) is 0.455. The molecule has 0 unspecified atom stereocenters. The van der Waals surface area contributed by atoms with E-state index in [1.54, 1.807) is 13.8 Å². The van der Waals surface area contributed by atoms with Crippen molar-refractivity contribution < 1.29 is 13.9 Å². The van der Waals surface area contributed by atoms with Crippen molar-refractivity contribution in [1.29, 1.82) is 0 Å². The summed E-state index contributed by atoms with van der Waals surface area (Å²) in [4.78, 5) is 0. The lowest BCUT2D eigenvalue weighted by atomic mass is 9.81. The minimum Gasteiger partial charge on any atom is -0.396 e. The molecule has 0 aliphatic rings. The summed E-state index contributed by atoms with van der Waals surface area (Å²) in [5.41, 5.74) is 5.19. The highest BCUT2D eigenvalue weighted by Crippen LogP contribution is 2.32. The molecule has 0 heterocycles. The van der Waals surface area contributed by atoms with E-state index in [1.165, 1.54) is 12.1 Å². The summed E-state index contributed by atoms with van der Waals surface area (Å²) < 4.78 is 26.3. The van der Waals surface area contributed by atoms with Gasteiger partial charge in [0.25, 0.3) is 0 Å². The zero-order chi connectivity index (χ0) is 11.6. The van der Waals surface area contributed by atoms with Crippen LogP contribution < -0.4 is 5.73 Å². The summed E-state index contributed by atoms with van der Waals surface area (Å²) in [6, 6.07) is 3.14. The highest BCUT2D eigenvalue weighted by molar-refractivity contribution is 5.23. The third-order valence-electron chi connectivity index (χ3n) is 2.57. The number of hydrogen-bond donors (Lipinski definition) is 2. The van der Waals surface area contributed by atoms with Crippen molar-refractivity contribution in [3.8, 4) is 0 Å². The Morgan fingerprint density at radius 3 is 2.53 bits per heavy atom. The zero-order valence-corrected chi connectivity index (χ0v) is 8.80. The van der Waals surface area contributed by atoms with Crippen molar-refractivity contribution in [3.63, 3.8) is 0 Å². The first-order valence-electron chi connectivity index (χ1n) is 4.70. The second-order valence-corrected chi connectivity index (χ2v) is 4.27. The normalized spacial score (nSPS) is 14.0. The maximum atomic E-state index is 13.4. The van der Waals surface area contributed by atoms with Crippen LogP contribution in [0.3, 0.4) is 0 Å². The highest BCUT2D eigenvalue weighted by Gasteiger charge is 2.29. The third kappa shape index (κ3) is 2.33. The topological polar surface area (TPSA) is 46.2 Å². The van der Waals surface area contributed by atoms with Crippen molar-refractivity contribution in [2.45, 2.75) is 19.9 Å². The number of benzene rings is 1. The summed E-state index contributed by atoms with van der Waals surface area (Å²) in [5, 5.41) is 9.09. The van der Waals surface area contributed by atoms with Gasteiger partial charge in [-0.1, -0.05) is 26.0 Å². The summed E-state index contributed by atoms with van der Waals surface area (Å²) >= 11 is 0. The second-order valence-electron chi connectivity index (χ2n) is 4.27. The molecule has 1 atom stereocenters. The van der Waals surface area contributed by atoms with Gasteiger partial charge in [-0.3, -0.25) is 0 Å². The van der Waals surface area contributed by atoms with Crippen molar-refractivity contribution in [3.05, 3.63) is 35.4 Å². The van der Waals surface area contributed by atoms with Crippen LogP contribution in [0, 0.1) is 17.0 Å². The van der Waals surface area contributed by atoms with Crippen molar-refractivity contribution >= 4 is 0 Å². The Morgan fingerprint density at radius 1 is 1.40 bits per heavy atom. The number of hydrogen-bond acceptors (Lipinski definition) is 2. The summed E-state index contributed by atoms with van der Waals surface area (Å²) in [7, 11) is 0. The van der Waals surface area contributed by atoms with Crippen LogP contribution in [0.15, 0.2) is 18.2 Å². The average molecular weight is 215 g/mol. The van der Waals surface area contributed by atoms with Gasteiger partial charge < -0.3 is 10.8 Å². The van der Waals surface area contributed by atoms with Gasteiger partial charge in [0.1, 0.15) is 0 Å². The van der Waals surface area contributed by atoms with E-state index in [-0.39, 0.29) is 12.2 Å². The van der Waals surface area contributed by atoms with Gasteiger partial charge in [-0.15, -0.1) is 0 Å². The van der Waals surface area contributed by atoms with Crippen LogP contribution in [0.2, 0.25) is 0 Å². The number of rotatable bonds is 3. The van der Waals surface area contributed by atoms with Crippen LogP contribution >= 0.6 is 0 Å². The fourth-order valence-corrected chi connectivity index (χ4v) is 1.28. The van der Waals surface area contributed by atoms with Gasteiger partial charge in [0, 0.05) is 23.6 Å². The van der Waals surface area contributed by atoms with E-state index in [0.29, 0.717) is 0 Å². The van der Waals surface area contributed by atoms with Crippen molar-refractivity contribution in [2.75, 3.05) is 6.61 Å². The number of halogens is 2. The standard InChI is InChI=1S/C11H15F2NO/c1-11(2,6-15)10(14)7-4-3-5-8(12)9(7)13/h3-5,10,15H,6,14H2,1-2H3/t10-/m1/s1. The Hall–Kier alpha value is -1.00. The number of aliphatic hydroxyl groups is 1. The van der Waals surface area contributed by atoms with E-state index in [2.05, 4.69) is 0 Å². The maximum Gasteiger partial charge on any atom is 0.163 e. The molecule has 0 aliphatic heterocycles. The maximum absolute atomic E-state index is 13.4. The first-order chi connectivity index (χ1) is 6.90. The van der Waals surface area contributed by atoms with Gasteiger partial charge in [0.05, 0.1) is 0 Å². The van der Waals surface area contributed by atoms with Gasteiger partial charge in [-0.25, -0.2) is 8.78 Å². The first-order valence-corrected chi connectivity index (χ1v) is 4.70. The molecule has 2 nitrogen and oxygen atoms in total. The molecule has 4 heteroatoms. The minimum atomic E-state index is -0.938. The molecular formula is C11H15F2NO. The largest absolute Gasteiger partial charge is 0.396 e. The predicted molar refractivity (Wildman–Crippen MR) is 54.2 cm³/mol.